The third-order valence-electron chi connectivity index (χ3n) is 5.95. The average Bonchev–Trinajstić information content (AvgIpc) is 2.89. The molecule has 1 amide bonds. The van der Waals surface area contributed by atoms with Crippen LogP contribution in [0.25, 0.3) is 0 Å². The van der Waals surface area contributed by atoms with Crippen LogP contribution >= 0.6 is 0 Å². The summed E-state index contributed by atoms with van der Waals surface area (Å²) >= 11 is 0. The number of amides is 1. The summed E-state index contributed by atoms with van der Waals surface area (Å²) in [6.45, 7) is 4.09. The Morgan fingerprint density at radius 1 is 1.41 bits per heavy atom. The van der Waals surface area contributed by atoms with Gasteiger partial charge in [-0.1, -0.05) is 0 Å². The van der Waals surface area contributed by atoms with E-state index < -0.39 is 23.0 Å². The first-order chi connectivity index (χ1) is 12.6. The number of hydrogen-bond donors (Lipinski definition) is 1. The maximum atomic E-state index is 13.1. The van der Waals surface area contributed by atoms with Crippen LogP contribution in [-0.4, -0.2) is 47.6 Å². The molecule has 1 saturated carbocycles. The molecule has 1 aromatic rings. The van der Waals surface area contributed by atoms with Gasteiger partial charge in [-0.3, -0.25) is 9.69 Å². The van der Waals surface area contributed by atoms with Crippen LogP contribution in [-0.2, 0) is 11.0 Å². The highest BCUT2D eigenvalue weighted by Crippen LogP contribution is 2.45. The Morgan fingerprint density at radius 3 is 2.70 bits per heavy atom. The van der Waals surface area contributed by atoms with Gasteiger partial charge in [-0.15, -0.1) is 0 Å². The fraction of sp³-hybridized carbons (Fsp3) is 0.684. The van der Waals surface area contributed by atoms with Crippen molar-refractivity contribution in [3.63, 3.8) is 0 Å². The highest BCUT2D eigenvalue weighted by molar-refractivity contribution is 5.82. The summed E-state index contributed by atoms with van der Waals surface area (Å²) in [4.78, 5) is 18.8. The zero-order chi connectivity index (χ0) is 19.9. The molecule has 0 aromatic carbocycles. The Hall–Kier alpha value is -1.83. The summed E-state index contributed by atoms with van der Waals surface area (Å²) in [6.07, 6.45) is 0.858. The predicted molar refractivity (Wildman–Crippen MR) is 94.3 cm³/mol. The van der Waals surface area contributed by atoms with Crippen LogP contribution in [0.5, 0.6) is 5.88 Å². The smallest absolute Gasteiger partial charge is 0.421 e. The number of pyridine rings is 1. The van der Waals surface area contributed by atoms with E-state index >= 15 is 0 Å². The number of ether oxygens (including phenoxy) is 1. The number of carbonyl (C=O) groups excluding carboxylic acids is 1. The Bertz CT molecular complexity index is 702. The number of halogens is 3. The zero-order valence-corrected chi connectivity index (χ0v) is 15.9. The molecule has 1 saturated heterocycles. The molecule has 1 N–H and O–H groups in total. The quantitative estimate of drug-likeness (QED) is 0.846. The Kier molecular flexibility index (Phi) is 5.14. The molecule has 150 valence electrons. The van der Waals surface area contributed by atoms with E-state index in [1.54, 1.807) is 13.8 Å². The van der Waals surface area contributed by atoms with Gasteiger partial charge in [0.2, 0.25) is 11.8 Å². The number of alkyl halides is 3. The van der Waals surface area contributed by atoms with E-state index in [9.17, 15) is 18.0 Å². The summed E-state index contributed by atoms with van der Waals surface area (Å²) < 4.78 is 44.5. The second kappa shape index (κ2) is 6.96. The molecular weight excluding hydrogens is 359 g/mol. The van der Waals surface area contributed by atoms with Crippen LogP contribution in [0.4, 0.5) is 13.2 Å². The first-order valence-electron chi connectivity index (χ1n) is 9.23. The summed E-state index contributed by atoms with van der Waals surface area (Å²) in [6, 6.07) is 2.20. The van der Waals surface area contributed by atoms with Crippen LogP contribution in [0, 0.1) is 5.41 Å². The fourth-order valence-corrected chi connectivity index (χ4v) is 3.95. The molecule has 27 heavy (non-hydrogen) atoms. The number of hydrogen-bond acceptors (Lipinski definition) is 4. The molecule has 1 aliphatic carbocycles. The molecule has 0 radical (unpaired) electrons. The zero-order valence-electron chi connectivity index (χ0n) is 15.9. The summed E-state index contributed by atoms with van der Waals surface area (Å²) in [5.41, 5.74) is -1.88. The monoisotopic (exact) mass is 385 g/mol. The molecule has 5 nitrogen and oxygen atoms in total. The molecule has 3 rings (SSSR count). The van der Waals surface area contributed by atoms with E-state index in [0.29, 0.717) is 0 Å². The standard InChI is InChI=1S/C19H26F3N3O2/c1-17(2,12-27-15-13(19(20,21)22)6-4-10-23-15)16(26)24-14-7-11-25(3)18(14)8-5-9-18/h4,6,10,14H,5,7-9,11-12H2,1-3H3,(H,24,26). The molecule has 0 bridgehead atoms. The lowest BCUT2D eigenvalue weighted by atomic mass is 9.71. The Balaban J connectivity index is 1.64. The van der Waals surface area contributed by atoms with Gasteiger partial charge in [-0.25, -0.2) is 4.98 Å². The minimum absolute atomic E-state index is 0.0387. The summed E-state index contributed by atoms with van der Waals surface area (Å²) in [5.74, 6) is -0.708. The van der Waals surface area contributed by atoms with Crippen LogP contribution < -0.4 is 10.1 Å². The van der Waals surface area contributed by atoms with Crippen molar-refractivity contribution in [2.75, 3.05) is 20.2 Å². The minimum Gasteiger partial charge on any atom is -0.476 e. The summed E-state index contributed by atoms with van der Waals surface area (Å²) in [7, 11) is 2.08. The third-order valence-corrected chi connectivity index (χ3v) is 5.95. The van der Waals surface area contributed by atoms with Crippen LogP contribution in [0.2, 0.25) is 0 Å². The first kappa shape index (κ1) is 19.9. The molecular formula is C19H26F3N3O2. The van der Waals surface area contributed by atoms with Crippen LogP contribution in [0.3, 0.4) is 0 Å². The molecule has 1 aliphatic heterocycles. The summed E-state index contributed by atoms with van der Waals surface area (Å²) in [5, 5.41) is 3.12. The van der Waals surface area contributed by atoms with E-state index in [0.717, 1.165) is 38.3 Å². The number of carbonyl (C=O) groups is 1. The molecule has 2 aliphatic rings. The van der Waals surface area contributed by atoms with Gasteiger partial charge in [0.1, 0.15) is 12.2 Å². The minimum atomic E-state index is -4.55. The molecule has 1 atom stereocenters. The number of rotatable bonds is 5. The molecule has 2 fully saturated rings. The number of nitrogens with one attached hydrogen (secondary N) is 1. The molecule has 1 unspecified atom stereocenters. The largest absolute Gasteiger partial charge is 0.476 e. The van der Waals surface area contributed by atoms with Gasteiger partial charge in [0.05, 0.1) is 5.41 Å². The topological polar surface area (TPSA) is 54.5 Å². The van der Waals surface area contributed by atoms with Gasteiger partial charge in [-0.2, -0.15) is 13.2 Å². The van der Waals surface area contributed by atoms with Gasteiger partial charge in [-0.05, 0) is 58.7 Å². The van der Waals surface area contributed by atoms with E-state index in [4.69, 9.17) is 4.74 Å². The number of nitrogens with zero attached hydrogens (tertiary/aromatic N) is 2. The van der Waals surface area contributed by atoms with Crippen LogP contribution in [0.1, 0.15) is 45.1 Å². The highest BCUT2D eigenvalue weighted by Gasteiger charge is 2.52. The van der Waals surface area contributed by atoms with Gasteiger partial charge in [0, 0.05) is 24.3 Å². The van der Waals surface area contributed by atoms with E-state index in [2.05, 4.69) is 22.2 Å². The molecule has 8 heteroatoms. The van der Waals surface area contributed by atoms with Crippen molar-refractivity contribution in [1.82, 2.24) is 15.2 Å². The van der Waals surface area contributed by atoms with Gasteiger partial charge < -0.3 is 10.1 Å². The second-order valence-corrected chi connectivity index (χ2v) is 8.22. The first-order valence-corrected chi connectivity index (χ1v) is 9.23. The van der Waals surface area contributed by atoms with Crippen molar-refractivity contribution in [2.24, 2.45) is 5.41 Å². The Labute approximate surface area is 157 Å². The predicted octanol–water partition coefficient (Wildman–Crippen LogP) is 3.25. The third kappa shape index (κ3) is 3.77. The van der Waals surface area contributed by atoms with Crippen molar-refractivity contribution in [1.29, 1.82) is 0 Å². The maximum Gasteiger partial charge on any atom is 0.421 e. The van der Waals surface area contributed by atoms with Crippen LogP contribution in [0.15, 0.2) is 18.3 Å². The van der Waals surface area contributed by atoms with Crippen molar-refractivity contribution in [2.45, 2.75) is 57.3 Å². The number of likely N-dealkylation sites (N-methyl/N-ethyl adjacent to an activating group) is 1. The number of likely N-dealkylation sites (tertiary alicyclic amines) is 1. The van der Waals surface area contributed by atoms with Crippen molar-refractivity contribution >= 4 is 5.91 Å². The van der Waals surface area contributed by atoms with E-state index in [1.807, 2.05) is 0 Å². The fourth-order valence-electron chi connectivity index (χ4n) is 3.95. The second-order valence-electron chi connectivity index (χ2n) is 8.22. The highest BCUT2D eigenvalue weighted by atomic mass is 19.4. The van der Waals surface area contributed by atoms with Gasteiger partial charge in [0.25, 0.3) is 0 Å². The van der Waals surface area contributed by atoms with E-state index in [1.165, 1.54) is 12.3 Å². The van der Waals surface area contributed by atoms with Gasteiger partial charge in [0.15, 0.2) is 0 Å². The maximum absolute atomic E-state index is 13.1. The molecule has 1 spiro atoms. The molecule has 2 heterocycles. The lowest BCUT2D eigenvalue weighted by Gasteiger charge is -2.48. The van der Waals surface area contributed by atoms with Gasteiger partial charge >= 0.3 is 6.18 Å². The average molecular weight is 385 g/mol. The van der Waals surface area contributed by atoms with Crippen molar-refractivity contribution in [3.8, 4) is 5.88 Å². The van der Waals surface area contributed by atoms with Crippen molar-refractivity contribution in [3.05, 3.63) is 23.9 Å². The molecule has 1 aromatic heterocycles. The number of aromatic nitrogens is 1. The SMILES string of the molecule is CN1CCC(NC(=O)C(C)(C)COc2ncccc2C(F)(F)F)C12CCC2. The Morgan fingerprint density at radius 2 is 2.11 bits per heavy atom. The lowest BCUT2D eigenvalue weighted by molar-refractivity contribution is -0.139. The van der Waals surface area contributed by atoms with Crippen molar-refractivity contribution < 1.29 is 22.7 Å². The van der Waals surface area contributed by atoms with E-state index in [-0.39, 0.29) is 24.1 Å². The normalized spacial score (nSPS) is 22.5. The lowest BCUT2D eigenvalue weighted by Crippen LogP contribution is -2.61.